The Balaban J connectivity index is 4.03. The normalized spacial score (nSPS) is 12.9. The smallest absolute Gasteiger partial charge is 0.239 e. The number of nitrogens with one attached hydrogen (secondary N) is 2. The summed E-state index contributed by atoms with van der Waals surface area (Å²) < 4.78 is 4.81. The predicted molar refractivity (Wildman–Crippen MR) is 74.5 cm³/mol. The second kappa shape index (κ2) is 8.87. The van der Waals surface area contributed by atoms with E-state index in [1.807, 2.05) is 0 Å². The average molecular weight is 273 g/mol. The third-order valence-corrected chi connectivity index (χ3v) is 2.57. The van der Waals surface area contributed by atoms with Gasteiger partial charge in [-0.25, -0.2) is 0 Å². The summed E-state index contributed by atoms with van der Waals surface area (Å²) in [7, 11) is 1.56. The molecule has 0 saturated heterocycles. The van der Waals surface area contributed by atoms with Crippen LogP contribution in [0.25, 0.3) is 0 Å². The summed E-state index contributed by atoms with van der Waals surface area (Å²) in [6, 6.07) is 0. The molecule has 19 heavy (non-hydrogen) atoms. The lowest BCUT2D eigenvalue weighted by Crippen LogP contribution is -2.42. The summed E-state index contributed by atoms with van der Waals surface area (Å²) >= 11 is 0. The van der Waals surface area contributed by atoms with Crippen molar-refractivity contribution in [2.45, 2.75) is 27.2 Å². The Morgan fingerprint density at radius 2 is 1.89 bits per heavy atom. The Bertz CT molecular complexity index is 287. The van der Waals surface area contributed by atoms with Gasteiger partial charge in [0.25, 0.3) is 0 Å². The van der Waals surface area contributed by atoms with Gasteiger partial charge in [-0.1, -0.05) is 20.8 Å². The van der Waals surface area contributed by atoms with Gasteiger partial charge in [-0.05, 0) is 11.8 Å². The molecule has 0 aromatic rings. The molecule has 6 nitrogen and oxygen atoms in total. The van der Waals surface area contributed by atoms with E-state index in [-0.39, 0.29) is 36.2 Å². The van der Waals surface area contributed by atoms with Crippen LogP contribution in [0.5, 0.6) is 0 Å². The first kappa shape index (κ1) is 17.9. The van der Waals surface area contributed by atoms with Crippen molar-refractivity contribution in [1.82, 2.24) is 10.6 Å². The molecule has 1 unspecified atom stereocenters. The molecule has 0 aromatic carbocycles. The van der Waals surface area contributed by atoms with E-state index in [0.29, 0.717) is 19.6 Å². The molecule has 0 radical (unpaired) electrons. The average Bonchev–Trinajstić information content (AvgIpc) is 2.32. The molecular weight excluding hydrogens is 246 g/mol. The van der Waals surface area contributed by atoms with E-state index < -0.39 is 0 Å². The summed E-state index contributed by atoms with van der Waals surface area (Å²) in [6.07, 6.45) is 0.695. The molecule has 0 aliphatic heterocycles. The van der Waals surface area contributed by atoms with Gasteiger partial charge in [-0.3, -0.25) is 9.59 Å². The molecule has 0 aliphatic rings. The largest absolute Gasteiger partial charge is 0.383 e. The minimum atomic E-state index is -0.258. The van der Waals surface area contributed by atoms with Crippen molar-refractivity contribution in [3.8, 4) is 0 Å². The van der Waals surface area contributed by atoms with E-state index >= 15 is 0 Å². The molecule has 0 aliphatic carbocycles. The Kier molecular flexibility index (Phi) is 8.34. The first-order chi connectivity index (χ1) is 8.80. The number of hydrogen-bond donors (Lipinski definition) is 3. The topological polar surface area (TPSA) is 93.5 Å². The Morgan fingerprint density at radius 1 is 1.26 bits per heavy atom. The van der Waals surface area contributed by atoms with Gasteiger partial charge in [-0.2, -0.15) is 0 Å². The molecule has 0 bridgehead atoms. The van der Waals surface area contributed by atoms with Crippen molar-refractivity contribution in [3.05, 3.63) is 0 Å². The van der Waals surface area contributed by atoms with Crippen LogP contribution in [0.3, 0.4) is 0 Å². The van der Waals surface area contributed by atoms with Crippen LogP contribution in [0.15, 0.2) is 0 Å². The molecule has 6 heteroatoms. The predicted octanol–water partition coefficient (Wildman–Crippen LogP) is -0.124. The zero-order chi connectivity index (χ0) is 14.9. The lowest BCUT2D eigenvalue weighted by Gasteiger charge is -2.24. The fraction of sp³-hybridized carbons (Fsp3) is 0.846. The van der Waals surface area contributed by atoms with Crippen LogP contribution in [0.1, 0.15) is 27.2 Å². The maximum Gasteiger partial charge on any atom is 0.239 e. The summed E-state index contributed by atoms with van der Waals surface area (Å²) in [4.78, 5) is 23.3. The fourth-order valence-corrected chi connectivity index (χ4v) is 1.69. The van der Waals surface area contributed by atoms with Crippen molar-refractivity contribution in [1.29, 1.82) is 0 Å². The minimum absolute atomic E-state index is 0.0246. The van der Waals surface area contributed by atoms with Crippen molar-refractivity contribution in [2.24, 2.45) is 17.1 Å². The quantitative estimate of drug-likeness (QED) is 0.537. The van der Waals surface area contributed by atoms with Gasteiger partial charge in [0.05, 0.1) is 19.1 Å². The number of amides is 2. The van der Waals surface area contributed by atoms with Gasteiger partial charge in [-0.15, -0.1) is 0 Å². The number of rotatable bonds is 8. The van der Waals surface area contributed by atoms with E-state index in [0.717, 1.165) is 0 Å². The van der Waals surface area contributed by atoms with Crippen LogP contribution in [0.2, 0.25) is 0 Å². The number of carbonyl (C=O) groups excluding carboxylic acids is 2. The second-order valence-electron chi connectivity index (χ2n) is 5.76. The van der Waals surface area contributed by atoms with E-state index in [1.54, 1.807) is 7.11 Å². The number of methoxy groups -OCH3 is 1. The monoisotopic (exact) mass is 273 g/mol. The van der Waals surface area contributed by atoms with Crippen molar-refractivity contribution in [2.75, 3.05) is 33.4 Å². The molecule has 0 rings (SSSR count). The maximum atomic E-state index is 11.9. The Hall–Kier alpha value is -1.14. The molecule has 2 amide bonds. The molecule has 1 atom stereocenters. The fourth-order valence-electron chi connectivity index (χ4n) is 1.69. The third kappa shape index (κ3) is 9.44. The Labute approximate surface area is 115 Å². The molecule has 4 N–H and O–H groups in total. The van der Waals surface area contributed by atoms with E-state index in [9.17, 15) is 9.59 Å². The van der Waals surface area contributed by atoms with Crippen LogP contribution in [-0.2, 0) is 14.3 Å². The summed E-state index contributed by atoms with van der Waals surface area (Å²) in [5, 5.41) is 5.25. The standard InChI is InChI=1S/C13H27N3O3/c1-13(2,3)7-10(8-14)12(18)16-9-11(17)15-5-6-19-4/h10H,5-9,14H2,1-4H3,(H,15,17)(H,16,18). The van der Waals surface area contributed by atoms with Gasteiger partial charge in [0.1, 0.15) is 0 Å². The molecule has 0 saturated carbocycles. The number of carbonyl (C=O) groups is 2. The molecular formula is C13H27N3O3. The SMILES string of the molecule is COCCNC(=O)CNC(=O)C(CN)CC(C)(C)C. The van der Waals surface area contributed by atoms with Crippen molar-refractivity contribution >= 4 is 11.8 Å². The van der Waals surface area contributed by atoms with E-state index in [1.165, 1.54) is 0 Å². The van der Waals surface area contributed by atoms with Crippen LogP contribution in [0, 0.1) is 11.3 Å². The van der Waals surface area contributed by atoms with Gasteiger partial charge in [0.15, 0.2) is 0 Å². The van der Waals surface area contributed by atoms with E-state index in [4.69, 9.17) is 10.5 Å². The first-order valence-corrected chi connectivity index (χ1v) is 6.53. The molecule has 112 valence electrons. The minimum Gasteiger partial charge on any atom is -0.383 e. The zero-order valence-corrected chi connectivity index (χ0v) is 12.4. The van der Waals surface area contributed by atoms with Gasteiger partial charge >= 0.3 is 0 Å². The van der Waals surface area contributed by atoms with Crippen molar-refractivity contribution < 1.29 is 14.3 Å². The lowest BCUT2D eigenvalue weighted by atomic mass is 9.84. The lowest BCUT2D eigenvalue weighted by molar-refractivity contribution is -0.129. The number of hydrogen-bond acceptors (Lipinski definition) is 4. The molecule has 0 aromatic heterocycles. The maximum absolute atomic E-state index is 11.9. The Morgan fingerprint density at radius 3 is 2.37 bits per heavy atom. The summed E-state index contributed by atoms with van der Waals surface area (Å²) in [6.45, 7) is 7.32. The van der Waals surface area contributed by atoms with Crippen LogP contribution in [-0.4, -0.2) is 45.2 Å². The summed E-state index contributed by atoms with van der Waals surface area (Å²) in [5.41, 5.74) is 5.64. The van der Waals surface area contributed by atoms with Gasteiger partial charge < -0.3 is 21.1 Å². The highest BCUT2D eigenvalue weighted by atomic mass is 16.5. The zero-order valence-electron chi connectivity index (χ0n) is 12.4. The number of ether oxygens (including phenoxy) is 1. The first-order valence-electron chi connectivity index (χ1n) is 6.53. The highest BCUT2D eigenvalue weighted by molar-refractivity contribution is 5.85. The highest BCUT2D eigenvalue weighted by Gasteiger charge is 2.23. The molecule has 0 heterocycles. The third-order valence-electron chi connectivity index (χ3n) is 2.57. The summed E-state index contributed by atoms with van der Waals surface area (Å²) in [5.74, 6) is -0.650. The van der Waals surface area contributed by atoms with E-state index in [2.05, 4.69) is 31.4 Å². The van der Waals surface area contributed by atoms with Crippen LogP contribution < -0.4 is 16.4 Å². The van der Waals surface area contributed by atoms with Gasteiger partial charge in [0.2, 0.25) is 11.8 Å². The molecule has 0 spiro atoms. The molecule has 0 fully saturated rings. The van der Waals surface area contributed by atoms with Crippen molar-refractivity contribution in [3.63, 3.8) is 0 Å². The van der Waals surface area contributed by atoms with Gasteiger partial charge in [0, 0.05) is 20.2 Å². The van der Waals surface area contributed by atoms with Crippen LogP contribution >= 0.6 is 0 Å². The number of nitrogens with two attached hydrogens (primary N) is 1. The van der Waals surface area contributed by atoms with Crippen LogP contribution in [0.4, 0.5) is 0 Å². The highest BCUT2D eigenvalue weighted by Crippen LogP contribution is 2.23. The second-order valence-corrected chi connectivity index (χ2v) is 5.76.